The van der Waals surface area contributed by atoms with Crippen molar-refractivity contribution < 1.29 is 28.4 Å². The van der Waals surface area contributed by atoms with E-state index in [1.54, 1.807) is 0 Å². The van der Waals surface area contributed by atoms with Crippen molar-refractivity contribution in [2.45, 2.75) is 58.5 Å². The minimum absolute atomic E-state index is 0.121. The number of hydrogen-bond acceptors (Lipinski definition) is 6. The first kappa shape index (κ1) is 22.3. The van der Waals surface area contributed by atoms with Crippen molar-refractivity contribution in [2.24, 2.45) is 0 Å². The minimum Gasteiger partial charge on any atom is -0.419 e. The highest BCUT2D eigenvalue weighted by atomic mass is 16.7. The predicted molar refractivity (Wildman–Crippen MR) is 122 cm³/mol. The van der Waals surface area contributed by atoms with Crippen molar-refractivity contribution in [2.75, 3.05) is 0 Å². The maximum Gasteiger partial charge on any atom is 0.494 e. The molecule has 7 heteroatoms. The lowest BCUT2D eigenvalue weighted by atomic mass is 9.78. The molecule has 2 saturated heterocycles. The first-order valence-electron chi connectivity index (χ1n) is 10.6. The first-order chi connectivity index (χ1) is 14.9. The first-order valence-corrected chi connectivity index (χ1v) is 10.6. The van der Waals surface area contributed by atoms with E-state index in [1.807, 2.05) is 76.2 Å². The standard InChI is InChI=1S/C25H27BO6/c1-23(2)24(3,4)32-26(31-23)19-13-11-18(12-14-19)17-9-7-16(8-10-17)15-20-21(27)29-25(5,6)30-22(20)28/h7-15H,1-6H3. The van der Waals surface area contributed by atoms with Gasteiger partial charge in [0.1, 0.15) is 5.57 Å². The summed E-state index contributed by atoms with van der Waals surface area (Å²) >= 11 is 0. The van der Waals surface area contributed by atoms with E-state index in [0.717, 1.165) is 16.6 Å². The van der Waals surface area contributed by atoms with Gasteiger partial charge < -0.3 is 18.8 Å². The summed E-state index contributed by atoms with van der Waals surface area (Å²) in [5.74, 6) is -2.62. The van der Waals surface area contributed by atoms with E-state index in [-0.39, 0.29) is 16.8 Å². The summed E-state index contributed by atoms with van der Waals surface area (Å²) < 4.78 is 22.5. The van der Waals surface area contributed by atoms with Crippen LogP contribution in [0, 0.1) is 0 Å². The molecule has 2 heterocycles. The second-order valence-corrected chi connectivity index (χ2v) is 9.57. The van der Waals surface area contributed by atoms with Crippen molar-refractivity contribution >= 4 is 30.6 Å². The number of ether oxygens (including phenoxy) is 2. The van der Waals surface area contributed by atoms with E-state index in [2.05, 4.69) is 0 Å². The van der Waals surface area contributed by atoms with Gasteiger partial charge in [0.15, 0.2) is 0 Å². The number of rotatable bonds is 3. The van der Waals surface area contributed by atoms with Gasteiger partial charge in [-0.2, -0.15) is 0 Å². The zero-order valence-electron chi connectivity index (χ0n) is 19.2. The second kappa shape index (κ2) is 7.61. The summed E-state index contributed by atoms with van der Waals surface area (Å²) in [7, 11) is -0.400. The molecule has 0 amide bonds. The van der Waals surface area contributed by atoms with Crippen LogP contribution in [0.3, 0.4) is 0 Å². The Morgan fingerprint density at radius 2 is 1.12 bits per heavy atom. The van der Waals surface area contributed by atoms with E-state index in [0.29, 0.717) is 5.56 Å². The van der Waals surface area contributed by atoms with Crippen molar-refractivity contribution in [1.82, 2.24) is 0 Å². The largest absolute Gasteiger partial charge is 0.494 e. The summed E-state index contributed by atoms with van der Waals surface area (Å²) in [5.41, 5.74) is 2.81. The molecule has 0 unspecified atom stereocenters. The molecule has 6 nitrogen and oxygen atoms in total. The molecule has 0 saturated carbocycles. The van der Waals surface area contributed by atoms with Crippen LogP contribution in [0.5, 0.6) is 0 Å². The van der Waals surface area contributed by atoms with E-state index in [1.165, 1.54) is 19.9 Å². The van der Waals surface area contributed by atoms with Gasteiger partial charge in [-0.25, -0.2) is 9.59 Å². The molecule has 32 heavy (non-hydrogen) atoms. The average Bonchev–Trinajstić information content (AvgIpc) is 2.92. The third-order valence-electron chi connectivity index (χ3n) is 6.11. The van der Waals surface area contributed by atoms with Gasteiger partial charge in [0.25, 0.3) is 5.79 Å². The third kappa shape index (κ3) is 4.23. The molecule has 0 bridgehead atoms. The van der Waals surface area contributed by atoms with Crippen LogP contribution in [-0.4, -0.2) is 36.0 Å². The van der Waals surface area contributed by atoms with Crippen molar-refractivity contribution in [1.29, 1.82) is 0 Å². The summed E-state index contributed by atoms with van der Waals surface area (Å²) in [5, 5.41) is 0. The van der Waals surface area contributed by atoms with Gasteiger partial charge in [-0.3, -0.25) is 0 Å². The average molecular weight is 434 g/mol. The molecule has 4 rings (SSSR count). The van der Waals surface area contributed by atoms with Gasteiger partial charge >= 0.3 is 19.1 Å². The Hall–Kier alpha value is -2.90. The van der Waals surface area contributed by atoms with Crippen LogP contribution in [0.2, 0.25) is 0 Å². The van der Waals surface area contributed by atoms with Crippen molar-refractivity contribution in [3.63, 3.8) is 0 Å². The fourth-order valence-electron chi connectivity index (χ4n) is 3.53. The zero-order chi connectivity index (χ0) is 23.3. The molecule has 0 N–H and O–H groups in total. The SMILES string of the molecule is CC1(C)OC(=O)C(=Cc2ccc(-c3ccc(B4OC(C)(C)C(C)(C)O4)cc3)cc2)C(=O)O1. The van der Waals surface area contributed by atoms with E-state index < -0.39 is 24.8 Å². The Kier molecular flexibility index (Phi) is 5.30. The number of benzene rings is 2. The highest BCUT2D eigenvalue weighted by molar-refractivity contribution is 6.62. The van der Waals surface area contributed by atoms with Crippen LogP contribution < -0.4 is 5.46 Å². The molecule has 2 aliphatic rings. The number of hydrogen-bond donors (Lipinski definition) is 0. The number of cyclic esters (lactones) is 2. The maximum absolute atomic E-state index is 12.1. The molecule has 0 atom stereocenters. The Balaban J connectivity index is 1.49. The fourth-order valence-corrected chi connectivity index (χ4v) is 3.53. The Morgan fingerprint density at radius 3 is 1.59 bits per heavy atom. The Labute approximate surface area is 188 Å². The van der Waals surface area contributed by atoms with Gasteiger partial charge in [0, 0.05) is 13.8 Å². The topological polar surface area (TPSA) is 71.1 Å². The molecule has 2 aromatic rings. The number of carbonyl (C=O) groups excluding carboxylic acids is 2. The third-order valence-corrected chi connectivity index (χ3v) is 6.11. The molecule has 2 aliphatic heterocycles. The molecule has 2 aromatic carbocycles. The van der Waals surface area contributed by atoms with E-state index in [9.17, 15) is 9.59 Å². The van der Waals surface area contributed by atoms with Crippen molar-refractivity contribution in [3.05, 3.63) is 59.7 Å². The summed E-state index contributed by atoms with van der Waals surface area (Å²) in [6.07, 6.45) is 1.48. The summed E-state index contributed by atoms with van der Waals surface area (Å²) in [4.78, 5) is 24.2. The van der Waals surface area contributed by atoms with Crippen LogP contribution in [0.15, 0.2) is 54.1 Å². The zero-order valence-corrected chi connectivity index (χ0v) is 19.2. The van der Waals surface area contributed by atoms with Crippen molar-refractivity contribution in [3.8, 4) is 11.1 Å². The molecule has 0 spiro atoms. The van der Waals surface area contributed by atoms with E-state index >= 15 is 0 Å². The predicted octanol–water partition coefficient (Wildman–Crippen LogP) is 3.87. The van der Waals surface area contributed by atoms with Gasteiger partial charge in [-0.05, 0) is 55.9 Å². The molecule has 166 valence electrons. The highest BCUT2D eigenvalue weighted by Crippen LogP contribution is 2.36. The Bertz CT molecular complexity index is 1040. The van der Waals surface area contributed by atoms with Gasteiger partial charge in [0.2, 0.25) is 0 Å². The monoisotopic (exact) mass is 434 g/mol. The Morgan fingerprint density at radius 1 is 0.688 bits per heavy atom. The van der Waals surface area contributed by atoms with Crippen LogP contribution in [0.1, 0.15) is 47.1 Å². The maximum atomic E-state index is 12.1. The fraction of sp³-hybridized carbons (Fsp3) is 0.360. The van der Waals surface area contributed by atoms with Gasteiger partial charge in [-0.15, -0.1) is 0 Å². The summed E-state index contributed by atoms with van der Waals surface area (Å²) in [6, 6.07) is 15.6. The molecule has 0 aromatic heterocycles. The normalized spacial score (nSPS) is 21.2. The second-order valence-electron chi connectivity index (χ2n) is 9.57. The number of carbonyl (C=O) groups is 2. The lowest BCUT2D eigenvalue weighted by Crippen LogP contribution is -2.41. The van der Waals surface area contributed by atoms with Gasteiger partial charge in [0.05, 0.1) is 11.2 Å². The highest BCUT2D eigenvalue weighted by Gasteiger charge is 2.51. The smallest absolute Gasteiger partial charge is 0.419 e. The van der Waals surface area contributed by atoms with Crippen LogP contribution >= 0.6 is 0 Å². The lowest BCUT2D eigenvalue weighted by Gasteiger charge is -2.32. The molecule has 2 fully saturated rings. The molecule has 0 aliphatic carbocycles. The lowest BCUT2D eigenvalue weighted by molar-refractivity contribution is -0.222. The minimum atomic E-state index is -1.25. The van der Waals surface area contributed by atoms with Crippen LogP contribution in [0.4, 0.5) is 0 Å². The number of esters is 2. The van der Waals surface area contributed by atoms with Crippen LogP contribution in [0.25, 0.3) is 17.2 Å². The molecule has 0 radical (unpaired) electrons. The molecular weight excluding hydrogens is 407 g/mol. The van der Waals surface area contributed by atoms with E-state index in [4.69, 9.17) is 18.8 Å². The summed E-state index contributed by atoms with van der Waals surface area (Å²) in [6.45, 7) is 11.2. The molecular formula is C25H27BO6. The quantitative estimate of drug-likeness (QED) is 0.316. The van der Waals surface area contributed by atoms with Gasteiger partial charge in [-0.1, -0.05) is 48.5 Å². The van der Waals surface area contributed by atoms with Crippen LogP contribution in [-0.2, 0) is 28.4 Å².